The molecule has 0 spiro atoms. The van der Waals surface area contributed by atoms with E-state index >= 15 is 0 Å². The summed E-state index contributed by atoms with van der Waals surface area (Å²) in [7, 11) is 0. The van der Waals surface area contributed by atoms with Gasteiger partial charge in [0.2, 0.25) is 0 Å². The zero-order valence-electron chi connectivity index (χ0n) is 9.44. The van der Waals surface area contributed by atoms with Crippen molar-refractivity contribution in [3.63, 3.8) is 0 Å². The van der Waals surface area contributed by atoms with E-state index in [-0.39, 0.29) is 0 Å². The van der Waals surface area contributed by atoms with E-state index in [4.69, 9.17) is 5.26 Å². The van der Waals surface area contributed by atoms with Crippen molar-refractivity contribution >= 4 is 11.8 Å². The summed E-state index contributed by atoms with van der Waals surface area (Å²) >= 11 is 1.99. The maximum Gasteiger partial charge on any atom is 0.0991 e. The van der Waals surface area contributed by atoms with E-state index in [0.717, 1.165) is 23.8 Å². The molecule has 0 aliphatic carbocycles. The molecule has 1 aromatic carbocycles. The summed E-state index contributed by atoms with van der Waals surface area (Å²) in [5.74, 6) is 3.05. The normalized spacial score (nSPS) is 25.8. The molecule has 1 aliphatic heterocycles. The van der Waals surface area contributed by atoms with Crippen molar-refractivity contribution in [3.8, 4) is 6.07 Å². The van der Waals surface area contributed by atoms with E-state index in [2.05, 4.69) is 24.4 Å². The van der Waals surface area contributed by atoms with Crippen molar-refractivity contribution in [3.05, 3.63) is 35.4 Å². The smallest absolute Gasteiger partial charge is 0.0991 e. The number of benzene rings is 1. The first kappa shape index (κ1) is 11.5. The van der Waals surface area contributed by atoms with Gasteiger partial charge in [0, 0.05) is 11.8 Å². The zero-order valence-corrected chi connectivity index (χ0v) is 10.3. The summed E-state index contributed by atoms with van der Waals surface area (Å²) in [5.41, 5.74) is 1.99. The van der Waals surface area contributed by atoms with Crippen LogP contribution < -0.4 is 5.32 Å². The fourth-order valence-corrected chi connectivity index (χ4v) is 3.09. The van der Waals surface area contributed by atoms with Crippen LogP contribution in [0.15, 0.2) is 24.3 Å². The molecule has 2 atom stereocenters. The second-order valence-corrected chi connectivity index (χ2v) is 5.42. The van der Waals surface area contributed by atoms with Crippen LogP contribution in [0.2, 0.25) is 0 Å². The Morgan fingerprint density at radius 2 is 2.31 bits per heavy atom. The topological polar surface area (TPSA) is 35.8 Å². The highest BCUT2D eigenvalue weighted by molar-refractivity contribution is 7.99. The summed E-state index contributed by atoms with van der Waals surface area (Å²) in [6, 6.07) is 10.5. The summed E-state index contributed by atoms with van der Waals surface area (Å²) in [6.45, 7) is 3.34. The van der Waals surface area contributed by atoms with Gasteiger partial charge < -0.3 is 5.32 Å². The Balaban J connectivity index is 2.14. The van der Waals surface area contributed by atoms with Crippen molar-refractivity contribution < 1.29 is 0 Å². The number of rotatable bonds is 1. The Labute approximate surface area is 101 Å². The van der Waals surface area contributed by atoms with E-state index in [1.165, 1.54) is 11.3 Å². The Kier molecular flexibility index (Phi) is 3.87. The van der Waals surface area contributed by atoms with Crippen LogP contribution in [0.3, 0.4) is 0 Å². The van der Waals surface area contributed by atoms with E-state index in [0.29, 0.717) is 6.04 Å². The van der Waals surface area contributed by atoms with Crippen LogP contribution in [0.4, 0.5) is 0 Å². The minimum atomic E-state index is 0.392. The highest BCUT2D eigenvalue weighted by Crippen LogP contribution is 2.24. The molecule has 0 saturated carbocycles. The third-order valence-electron chi connectivity index (χ3n) is 2.82. The lowest BCUT2D eigenvalue weighted by molar-refractivity contribution is 0.517. The van der Waals surface area contributed by atoms with Crippen molar-refractivity contribution in [2.24, 2.45) is 5.92 Å². The number of thioether (sulfide) groups is 1. The first-order valence-electron chi connectivity index (χ1n) is 5.61. The van der Waals surface area contributed by atoms with Gasteiger partial charge in [-0.05, 0) is 35.9 Å². The monoisotopic (exact) mass is 232 g/mol. The third kappa shape index (κ3) is 2.78. The summed E-state index contributed by atoms with van der Waals surface area (Å²) in [4.78, 5) is 0. The van der Waals surface area contributed by atoms with E-state index in [1.54, 1.807) is 0 Å². The molecule has 2 rings (SSSR count). The lowest BCUT2D eigenvalue weighted by atomic mass is 10.1. The van der Waals surface area contributed by atoms with Crippen LogP contribution in [0.25, 0.3) is 0 Å². The summed E-state index contributed by atoms with van der Waals surface area (Å²) in [5, 5.41) is 12.5. The number of hydrogen-bond acceptors (Lipinski definition) is 3. The minimum absolute atomic E-state index is 0.392. The lowest BCUT2D eigenvalue weighted by Crippen LogP contribution is -2.25. The number of nitrogens with zero attached hydrogens (tertiary/aromatic N) is 1. The fourth-order valence-electron chi connectivity index (χ4n) is 1.89. The quantitative estimate of drug-likeness (QED) is 0.808. The molecule has 1 fully saturated rings. The van der Waals surface area contributed by atoms with Gasteiger partial charge in [0.1, 0.15) is 0 Å². The fraction of sp³-hybridized carbons (Fsp3) is 0.462. The average molecular weight is 232 g/mol. The molecule has 16 heavy (non-hydrogen) atoms. The molecule has 3 heteroatoms. The molecule has 1 saturated heterocycles. The van der Waals surface area contributed by atoms with Gasteiger partial charge in [-0.2, -0.15) is 17.0 Å². The van der Waals surface area contributed by atoms with Crippen LogP contribution in [0.1, 0.15) is 24.1 Å². The average Bonchev–Trinajstić information content (AvgIpc) is 2.54. The largest absolute Gasteiger partial charge is 0.309 e. The second kappa shape index (κ2) is 5.38. The van der Waals surface area contributed by atoms with Gasteiger partial charge in [-0.3, -0.25) is 0 Å². The first-order valence-corrected chi connectivity index (χ1v) is 6.76. The van der Waals surface area contributed by atoms with Gasteiger partial charge in [0.05, 0.1) is 11.6 Å². The highest BCUT2D eigenvalue weighted by Gasteiger charge is 2.17. The van der Waals surface area contributed by atoms with Gasteiger partial charge in [0.25, 0.3) is 0 Å². The van der Waals surface area contributed by atoms with E-state index < -0.39 is 0 Å². The molecular weight excluding hydrogens is 216 g/mol. The van der Waals surface area contributed by atoms with Crippen molar-refractivity contribution in [1.82, 2.24) is 5.32 Å². The summed E-state index contributed by atoms with van der Waals surface area (Å²) < 4.78 is 0. The highest BCUT2D eigenvalue weighted by atomic mass is 32.2. The lowest BCUT2D eigenvalue weighted by Gasteiger charge is -2.16. The minimum Gasteiger partial charge on any atom is -0.309 e. The van der Waals surface area contributed by atoms with Gasteiger partial charge in [-0.1, -0.05) is 19.1 Å². The number of hydrogen-bond donors (Lipinski definition) is 1. The maximum atomic E-state index is 8.88. The van der Waals surface area contributed by atoms with Crippen LogP contribution in [-0.4, -0.2) is 18.1 Å². The molecule has 0 bridgehead atoms. The van der Waals surface area contributed by atoms with Crippen LogP contribution in [0, 0.1) is 17.2 Å². The molecule has 0 aromatic heterocycles. The van der Waals surface area contributed by atoms with E-state index in [1.807, 2.05) is 30.0 Å². The van der Waals surface area contributed by atoms with E-state index in [9.17, 15) is 0 Å². The van der Waals surface area contributed by atoms with Crippen LogP contribution in [-0.2, 0) is 0 Å². The summed E-state index contributed by atoms with van der Waals surface area (Å²) in [6.07, 6.45) is 0. The Morgan fingerprint density at radius 3 is 3.12 bits per heavy atom. The molecule has 1 heterocycles. The maximum absolute atomic E-state index is 8.88. The predicted molar refractivity (Wildman–Crippen MR) is 68.4 cm³/mol. The van der Waals surface area contributed by atoms with Crippen molar-refractivity contribution in [1.29, 1.82) is 5.26 Å². The van der Waals surface area contributed by atoms with Gasteiger partial charge in [-0.25, -0.2) is 0 Å². The Morgan fingerprint density at radius 1 is 1.44 bits per heavy atom. The van der Waals surface area contributed by atoms with Crippen LogP contribution in [0.5, 0.6) is 0 Å². The molecule has 2 nitrogen and oxygen atoms in total. The molecule has 1 aromatic rings. The standard InChI is InChI=1S/C13H16N2S/c1-10-7-15-13(9-16-8-10)12-4-2-3-11(5-12)6-14/h2-5,10,13,15H,7-9H2,1H3. The molecular formula is C13H16N2S. The Bertz CT molecular complexity index is 397. The predicted octanol–water partition coefficient (Wildman–Crippen LogP) is 2.57. The molecule has 0 amide bonds. The molecule has 84 valence electrons. The Hall–Kier alpha value is -0.980. The van der Waals surface area contributed by atoms with Gasteiger partial charge in [0.15, 0.2) is 0 Å². The van der Waals surface area contributed by atoms with Crippen LogP contribution >= 0.6 is 11.8 Å². The first-order chi connectivity index (χ1) is 7.79. The van der Waals surface area contributed by atoms with Crippen molar-refractivity contribution in [2.75, 3.05) is 18.1 Å². The molecule has 0 radical (unpaired) electrons. The number of nitrogens with one attached hydrogen (secondary N) is 1. The van der Waals surface area contributed by atoms with Gasteiger partial charge in [-0.15, -0.1) is 0 Å². The SMILES string of the molecule is CC1CNC(c2cccc(C#N)c2)CSC1. The van der Waals surface area contributed by atoms with Gasteiger partial charge >= 0.3 is 0 Å². The zero-order chi connectivity index (χ0) is 11.4. The molecule has 1 aliphatic rings. The second-order valence-electron chi connectivity index (χ2n) is 4.34. The third-order valence-corrected chi connectivity index (χ3v) is 4.19. The number of nitriles is 1. The van der Waals surface area contributed by atoms with Crippen molar-refractivity contribution in [2.45, 2.75) is 13.0 Å². The molecule has 1 N–H and O–H groups in total. The molecule has 2 unspecified atom stereocenters.